The molecule has 0 spiro atoms. The van der Waals surface area contributed by atoms with Crippen LogP contribution in [0.4, 0.5) is 0 Å². The molecule has 0 aliphatic carbocycles. The van der Waals surface area contributed by atoms with Gasteiger partial charge in [-0.25, -0.2) is 0 Å². The molecule has 0 radical (unpaired) electrons. The lowest BCUT2D eigenvalue weighted by Gasteiger charge is -2.20. The topological polar surface area (TPSA) is 29.9 Å². The molecule has 1 heterocycles. The van der Waals surface area contributed by atoms with Crippen LogP contribution in [0.3, 0.4) is 0 Å². The summed E-state index contributed by atoms with van der Waals surface area (Å²) in [4.78, 5) is 0. The Bertz CT molecular complexity index is 347. The molecule has 0 aromatic carbocycles. The molecule has 0 amide bonds. The van der Waals surface area contributed by atoms with Gasteiger partial charge in [-0.2, -0.15) is 5.10 Å². The largest absolute Gasteiger partial charge is 0.307 e. The smallest absolute Gasteiger partial charge is 0.0739 e. The molecule has 1 aromatic heterocycles. The van der Waals surface area contributed by atoms with Gasteiger partial charge in [0.2, 0.25) is 0 Å². The van der Waals surface area contributed by atoms with Gasteiger partial charge in [0.1, 0.15) is 0 Å². The normalized spacial score (nSPS) is 13.4. The van der Waals surface area contributed by atoms with Gasteiger partial charge in [-0.05, 0) is 28.8 Å². The Balaban J connectivity index is 2.67. The monoisotopic (exact) mass is 351 g/mol. The number of hydrogen-bond donors (Lipinski definition) is 1. The van der Waals surface area contributed by atoms with E-state index in [9.17, 15) is 0 Å². The minimum Gasteiger partial charge on any atom is -0.307 e. The summed E-state index contributed by atoms with van der Waals surface area (Å²) in [5.74, 6) is 0.618. The lowest BCUT2D eigenvalue weighted by molar-refractivity contribution is 0.426. The van der Waals surface area contributed by atoms with Crippen molar-refractivity contribution in [2.45, 2.75) is 33.4 Å². The molecule has 1 rings (SSSR count). The number of halogens is 2. The van der Waals surface area contributed by atoms with Crippen LogP contribution in [-0.4, -0.2) is 21.2 Å². The first-order chi connectivity index (χ1) is 7.47. The molecule has 5 heteroatoms. The van der Waals surface area contributed by atoms with Crippen LogP contribution in [0, 0.1) is 12.8 Å². The third-order valence-corrected chi connectivity index (χ3v) is 4.49. The van der Waals surface area contributed by atoms with Crippen LogP contribution in [0.5, 0.6) is 0 Å². The van der Waals surface area contributed by atoms with Gasteiger partial charge in [-0.15, -0.1) is 0 Å². The quantitative estimate of drug-likeness (QED) is 0.825. The van der Waals surface area contributed by atoms with Gasteiger partial charge in [-0.3, -0.25) is 4.68 Å². The number of nitrogens with zero attached hydrogens (tertiary/aromatic N) is 2. The molecule has 0 saturated heterocycles. The Morgan fingerprint density at radius 2 is 2.06 bits per heavy atom. The van der Waals surface area contributed by atoms with Crippen LogP contribution in [0.25, 0.3) is 0 Å². The van der Waals surface area contributed by atoms with E-state index in [0.29, 0.717) is 12.0 Å². The summed E-state index contributed by atoms with van der Waals surface area (Å²) in [6, 6.07) is 0.488. The van der Waals surface area contributed by atoms with Gasteiger partial charge >= 0.3 is 0 Å². The maximum atomic E-state index is 4.38. The highest BCUT2D eigenvalue weighted by molar-refractivity contribution is 9.10. The zero-order chi connectivity index (χ0) is 12.3. The Morgan fingerprint density at radius 1 is 1.44 bits per heavy atom. The summed E-state index contributed by atoms with van der Waals surface area (Å²) in [7, 11) is 1.98. The van der Waals surface area contributed by atoms with E-state index in [2.05, 4.69) is 56.1 Å². The molecule has 16 heavy (non-hydrogen) atoms. The van der Waals surface area contributed by atoms with Crippen LogP contribution in [0.15, 0.2) is 4.47 Å². The number of nitrogens with one attached hydrogen (secondary N) is 1. The summed E-state index contributed by atoms with van der Waals surface area (Å²) in [5, 5.41) is 8.89. The average Bonchev–Trinajstić information content (AvgIpc) is 2.44. The van der Waals surface area contributed by atoms with Crippen molar-refractivity contribution < 1.29 is 0 Å². The Labute approximate surface area is 114 Å². The van der Waals surface area contributed by atoms with Crippen LogP contribution in [0.1, 0.15) is 25.2 Å². The van der Waals surface area contributed by atoms with Gasteiger partial charge in [0.05, 0.1) is 15.9 Å². The highest BCUT2D eigenvalue weighted by Crippen LogP contribution is 2.20. The maximum absolute atomic E-state index is 4.38. The molecular weight excluding hydrogens is 334 g/mol. The molecular formula is C11H19Br2N3. The highest BCUT2D eigenvalue weighted by Gasteiger charge is 2.14. The second-order valence-electron chi connectivity index (χ2n) is 4.36. The van der Waals surface area contributed by atoms with Gasteiger partial charge in [0.25, 0.3) is 0 Å². The number of alkyl halides is 1. The van der Waals surface area contributed by atoms with Crippen molar-refractivity contribution in [2.75, 3.05) is 5.33 Å². The van der Waals surface area contributed by atoms with Crippen LogP contribution < -0.4 is 5.32 Å². The molecule has 92 valence electrons. The predicted octanol–water partition coefficient (Wildman–Crippen LogP) is 3.00. The van der Waals surface area contributed by atoms with E-state index in [1.807, 2.05) is 18.7 Å². The molecule has 1 aromatic rings. The fourth-order valence-corrected chi connectivity index (χ4v) is 3.02. The molecule has 0 aliphatic heterocycles. The van der Waals surface area contributed by atoms with Gasteiger partial charge in [0, 0.05) is 25.0 Å². The zero-order valence-electron chi connectivity index (χ0n) is 10.2. The fourth-order valence-electron chi connectivity index (χ4n) is 1.57. The molecule has 0 aliphatic rings. The van der Waals surface area contributed by atoms with Crippen molar-refractivity contribution >= 4 is 31.9 Å². The van der Waals surface area contributed by atoms with Crippen molar-refractivity contribution in [2.24, 2.45) is 13.0 Å². The zero-order valence-corrected chi connectivity index (χ0v) is 13.4. The van der Waals surface area contributed by atoms with Gasteiger partial charge < -0.3 is 5.32 Å². The molecule has 0 fully saturated rings. The number of rotatable bonds is 5. The molecule has 0 bridgehead atoms. The van der Waals surface area contributed by atoms with Crippen LogP contribution in [0.2, 0.25) is 0 Å². The highest BCUT2D eigenvalue weighted by atomic mass is 79.9. The summed E-state index contributed by atoms with van der Waals surface area (Å²) in [5.41, 5.74) is 2.24. The Kier molecular flexibility index (Phi) is 5.47. The van der Waals surface area contributed by atoms with Crippen molar-refractivity contribution in [3.05, 3.63) is 15.9 Å². The summed E-state index contributed by atoms with van der Waals surface area (Å²) in [6.07, 6.45) is 0. The van der Waals surface area contributed by atoms with Crippen molar-refractivity contribution in [3.8, 4) is 0 Å². The van der Waals surface area contributed by atoms with E-state index < -0.39 is 0 Å². The summed E-state index contributed by atoms with van der Waals surface area (Å²) < 4.78 is 3.04. The van der Waals surface area contributed by atoms with E-state index in [0.717, 1.165) is 22.0 Å². The van der Waals surface area contributed by atoms with E-state index in [1.165, 1.54) is 5.69 Å². The van der Waals surface area contributed by atoms with E-state index in [4.69, 9.17) is 0 Å². The lowest BCUT2D eigenvalue weighted by Crippen LogP contribution is -2.35. The summed E-state index contributed by atoms with van der Waals surface area (Å²) in [6.45, 7) is 7.30. The van der Waals surface area contributed by atoms with Crippen molar-refractivity contribution in [1.82, 2.24) is 15.1 Å². The van der Waals surface area contributed by atoms with Gasteiger partial charge in [-0.1, -0.05) is 29.8 Å². The maximum Gasteiger partial charge on any atom is 0.0739 e. The standard InChI is InChI=1S/C11H19Br2N3/c1-7(2)9(5-12)14-6-10-11(13)8(3)15-16(10)4/h7,9,14H,5-6H2,1-4H3. The molecule has 1 unspecified atom stereocenters. The average molecular weight is 353 g/mol. The minimum atomic E-state index is 0.488. The first-order valence-electron chi connectivity index (χ1n) is 5.44. The van der Waals surface area contributed by atoms with Crippen LogP contribution in [-0.2, 0) is 13.6 Å². The molecule has 1 atom stereocenters. The second-order valence-corrected chi connectivity index (χ2v) is 5.80. The third-order valence-electron chi connectivity index (χ3n) is 2.76. The lowest BCUT2D eigenvalue weighted by atomic mass is 10.1. The third kappa shape index (κ3) is 3.31. The van der Waals surface area contributed by atoms with Crippen molar-refractivity contribution in [3.63, 3.8) is 0 Å². The summed E-state index contributed by atoms with van der Waals surface area (Å²) >= 11 is 7.11. The first-order valence-corrected chi connectivity index (χ1v) is 7.36. The van der Waals surface area contributed by atoms with E-state index >= 15 is 0 Å². The minimum absolute atomic E-state index is 0.488. The molecule has 0 saturated carbocycles. The number of aryl methyl sites for hydroxylation is 2. The molecule has 1 N–H and O–H groups in total. The predicted molar refractivity (Wildman–Crippen MR) is 74.9 cm³/mol. The SMILES string of the molecule is Cc1nn(C)c(CNC(CBr)C(C)C)c1Br. The Hall–Kier alpha value is 0.130. The number of aromatic nitrogens is 2. The fraction of sp³-hybridized carbons (Fsp3) is 0.727. The first kappa shape index (κ1) is 14.2. The molecule has 3 nitrogen and oxygen atoms in total. The van der Waals surface area contributed by atoms with Crippen LogP contribution >= 0.6 is 31.9 Å². The van der Waals surface area contributed by atoms with Crippen molar-refractivity contribution in [1.29, 1.82) is 0 Å². The van der Waals surface area contributed by atoms with Gasteiger partial charge in [0.15, 0.2) is 0 Å². The second kappa shape index (κ2) is 6.17. The van der Waals surface area contributed by atoms with E-state index in [-0.39, 0.29) is 0 Å². The Morgan fingerprint density at radius 3 is 2.44 bits per heavy atom. The number of hydrogen-bond acceptors (Lipinski definition) is 2. The van der Waals surface area contributed by atoms with E-state index in [1.54, 1.807) is 0 Å².